The fraction of sp³-hybridized carbons (Fsp3) is 0.692. The normalized spacial score (nSPS) is 13.3. The van der Waals surface area contributed by atoms with Gasteiger partial charge in [-0.25, -0.2) is 0 Å². The highest BCUT2D eigenvalue weighted by atomic mass is 32.1. The zero-order valence-electron chi connectivity index (χ0n) is 10.6. The van der Waals surface area contributed by atoms with Gasteiger partial charge in [0.2, 0.25) is 0 Å². The van der Waals surface area contributed by atoms with Crippen molar-refractivity contribution in [2.24, 2.45) is 17.6 Å². The van der Waals surface area contributed by atoms with Crippen LogP contribution in [0.25, 0.3) is 0 Å². The first-order valence-electron chi connectivity index (χ1n) is 6.15. The van der Waals surface area contributed by atoms with E-state index in [0.717, 1.165) is 26.1 Å². The van der Waals surface area contributed by atoms with Crippen LogP contribution in [0.1, 0.15) is 30.5 Å². The number of rotatable bonds is 7. The molecule has 1 unspecified atom stereocenters. The summed E-state index contributed by atoms with van der Waals surface area (Å²) in [6.07, 6.45) is 1.14. The molecule has 2 nitrogen and oxygen atoms in total. The van der Waals surface area contributed by atoms with Crippen molar-refractivity contribution in [1.82, 2.24) is 5.32 Å². The zero-order chi connectivity index (χ0) is 12.0. The fourth-order valence-electron chi connectivity index (χ4n) is 1.68. The molecule has 92 valence electrons. The largest absolute Gasteiger partial charge is 0.330 e. The second kappa shape index (κ2) is 7.05. The van der Waals surface area contributed by atoms with Crippen molar-refractivity contribution in [2.45, 2.75) is 33.7 Å². The van der Waals surface area contributed by atoms with E-state index in [0.29, 0.717) is 11.8 Å². The summed E-state index contributed by atoms with van der Waals surface area (Å²) in [6, 6.07) is 4.45. The monoisotopic (exact) mass is 240 g/mol. The maximum atomic E-state index is 5.74. The molecular weight excluding hydrogens is 216 g/mol. The molecule has 1 atom stereocenters. The summed E-state index contributed by atoms with van der Waals surface area (Å²) in [5.74, 6) is 1.25. The number of thiophene rings is 1. The smallest absolute Gasteiger partial charge is 0.0299 e. The number of nitrogens with two attached hydrogens (primary N) is 1. The molecule has 1 rings (SSSR count). The molecule has 0 amide bonds. The van der Waals surface area contributed by atoms with Crippen molar-refractivity contribution in [1.29, 1.82) is 0 Å². The van der Waals surface area contributed by atoms with E-state index in [-0.39, 0.29) is 0 Å². The number of hydrogen-bond donors (Lipinski definition) is 2. The minimum absolute atomic E-state index is 0.589. The zero-order valence-corrected chi connectivity index (χ0v) is 11.4. The van der Waals surface area contributed by atoms with E-state index in [4.69, 9.17) is 5.73 Å². The molecule has 1 heterocycles. The lowest BCUT2D eigenvalue weighted by Crippen LogP contribution is -2.31. The van der Waals surface area contributed by atoms with Gasteiger partial charge >= 0.3 is 0 Å². The molecule has 0 aromatic carbocycles. The minimum Gasteiger partial charge on any atom is -0.330 e. The van der Waals surface area contributed by atoms with Crippen LogP contribution in [0.15, 0.2) is 12.1 Å². The average Bonchev–Trinajstić information content (AvgIpc) is 2.71. The lowest BCUT2D eigenvalue weighted by Gasteiger charge is -2.18. The lowest BCUT2D eigenvalue weighted by molar-refractivity contribution is 0.371. The summed E-state index contributed by atoms with van der Waals surface area (Å²) in [5.41, 5.74) is 5.74. The molecular formula is C13H24N2S. The van der Waals surface area contributed by atoms with Crippen molar-refractivity contribution in [2.75, 3.05) is 13.1 Å². The van der Waals surface area contributed by atoms with E-state index in [1.807, 2.05) is 11.3 Å². The molecule has 1 aromatic heterocycles. The molecule has 0 saturated heterocycles. The molecule has 0 aliphatic carbocycles. The summed E-state index contributed by atoms with van der Waals surface area (Å²) in [7, 11) is 0. The van der Waals surface area contributed by atoms with Gasteiger partial charge in [-0.1, -0.05) is 20.8 Å². The minimum atomic E-state index is 0.589. The quantitative estimate of drug-likeness (QED) is 0.769. The van der Waals surface area contributed by atoms with Gasteiger partial charge in [-0.05, 0) is 43.5 Å². The van der Waals surface area contributed by atoms with Gasteiger partial charge < -0.3 is 11.1 Å². The SMILES string of the molecule is CCc1ccc(CNCC(CN)C(C)C)s1. The lowest BCUT2D eigenvalue weighted by atomic mass is 9.96. The molecule has 16 heavy (non-hydrogen) atoms. The van der Waals surface area contributed by atoms with Gasteiger partial charge in [0.15, 0.2) is 0 Å². The van der Waals surface area contributed by atoms with Crippen LogP contribution in [0.2, 0.25) is 0 Å². The van der Waals surface area contributed by atoms with E-state index in [1.54, 1.807) is 0 Å². The molecule has 0 aliphatic rings. The second-order valence-corrected chi connectivity index (χ2v) is 5.85. The molecule has 3 N–H and O–H groups in total. The summed E-state index contributed by atoms with van der Waals surface area (Å²) >= 11 is 1.91. The van der Waals surface area contributed by atoms with Crippen LogP contribution >= 0.6 is 11.3 Å². The topological polar surface area (TPSA) is 38.0 Å². The van der Waals surface area contributed by atoms with Crippen molar-refractivity contribution in [3.05, 3.63) is 21.9 Å². The van der Waals surface area contributed by atoms with Crippen molar-refractivity contribution in [3.8, 4) is 0 Å². The van der Waals surface area contributed by atoms with E-state index in [2.05, 4.69) is 38.2 Å². The maximum Gasteiger partial charge on any atom is 0.0299 e. The van der Waals surface area contributed by atoms with E-state index in [9.17, 15) is 0 Å². The number of aryl methyl sites for hydroxylation is 1. The van der Waals surface area contributed by atoms with Gasteiger partial charge in [0.25, 0.3) is 0 Å². The molecule has 0 radical (unpaired) electrons. The Kier molecular flexibility index (Phi) is 6.03. The van der Waals surface area contributed by atoms with Crippen LogP contribution in [0, 0.1) is 11.8 Å². The Morgan fingerprint density at radius 2 is 2.00 bits per heavy atom. The van der Waals surface area contributed by atoms with Crippen LogP contribution in [-0.4, -0.2) is 13.1 Å². The Hall–Kier alpha value is -0.380. The van der Waals surface area contributed by atoms with Crippen molar-refractivity contribution >= 4 is 11.3 Å². The van der Waals surface area contributed by atoms with Gasteiger partial charge in [0.05, 0.1) is 0 Å². The van der Waals surface area contributed by atoms with E-state index in [1.165, 1.54) is 9.75 Å². The number of hydrogen-bond acceptors (Lipinski definition) is 3. The third-order valence-electron chi connectivity index (χ3n) is 3.02. The first-order chi connectivity index (χ1) is 7.67. The summed E-state index contributed by atoms with van der Waals surface area (Å²) < 4.78 is 0. The van der Waals surface area contributed by atoms with E-state index < -0.39 is 0 Å². The standard InChI is InChI=1S/C13H24N2S/c1-4-12-5-6-13(16-12)9-15-8-11(7-14)10(2)3/h5-6,10-11,15H,4,7-9,14H2,1-3H3. The molecule has 3 heteroatoms. The van der Waals surface area contributed by atoms with E-state index >= 15 is 0 Å². The van der Waals surface area contributed by atoms with Gasteiger partial charge in [-0.15, -0.1) is 11.3 Å². The van der Waals surface area contributed by atoms with Crippen LogP contribution < -0.4 is 11.1 Å². The molecule has 0 saturated carbocycles. The fourth-order valence-corrected chi connectivity index (χ4v) is 2.61. The average molecular weight is 240 g/mol. The van der Waals surface area contributed by atoms with Crippen LogP contribution in [0.5, 0.6) is 0 Å². The second-order valence-electron chi connectivity index (χ2n) is 4.59. The molecule has 0 bridgehead atoms. The first kappa shape index (κ1) is 13.7. The number of nitrogens with one attached hydrogen (secondary N) is 1. The third-order valence-corrected chi connectivity index (χ3v) is 4.25. The molecule has 1 aromatic rings. The summed E-state index contributed by atoms with van der Waals surface area (Å²) in [6.45, 7) is 9.45. The predicted molar refractivity (Wildman–Crippen MR) is 72.8 cm³/mol. The Morgan fingerprint density at radius 1 is 1.31 bits per heavy atom. The molecule has 0 fully saturated rings. The Labute approximate surface area is 103 Å². The molecule has 0 spiro atoms. The highest BCUT2D eigenvalue weighted by molar-refractivity contribution is 7.11. The summed E-state index contributed by atoms with van der Waals surface area (Å²) in [5, 5.41) is 3.50. The van der Waals surface area contributed by atoms with Gasteiger partial charge in [0, 0.05) is 16.3 Å². The Morgan fingerprint density at radius 3 is 2.50 bits per heavy atom. The maximum absolute atomic E-state index is 5.74. The first-order valence-corrected chi connectivity index (χ1v) is 6.97. The highest BCUT2D eigenvalue weighted by Crippen LogP contribution is 2.16. The van der Waals surface area contributed by atoms with Crippen LogP contribution in [0.4, 0.5) is 0 Å². The third kappa shape index (κ3) is 4.24. The van der Waals surface area contributed by atoms with Gasteiger partial charge in [0.1, 0.15) is 0 Å². The predicted octanol–water partition coefficient (Wildman–Crippen LogP) is 2.63. The van der Waals surface area contributed by atoms with Crippen LogP contribution in [-0.2, 0) is 13.0 Å². The molecule has 0 aliphatic heterocycles. The van der Waals surface area contributed by atoms with Crippen molar-refractivity contribution < 1.29 is 0 Å². The van der Waals surface area contributed by atoms with Gasteiger partial charge in [-0.3, -0.25) is 0 Å². The van der Waals surface area contributed by atoms with Gasteiger partial charge in [-0.2, -0.15) is 0 Å². The summed E-state index contributed by atoms with van der Waals surface area (Å²) in [4.78, 5) is 2.90. The van der Waals surface area contributed by atoms with Crippen LogP contribution in [0.3, 0.4) is 0 Å². The highest BCUT2D eigenvalue weighted by Gasteiger charge is 2.10. The Bertz CT molecular complexity index is 294. The van der Waals surface area contributed by atoms with Crippen molar-refractivity contribution in [3.63, 3.8) is 0 Å². The Balaban J connectivity index is 2.29.